The van der Waals surface area contributed by atoms with Gasteiger partial charge in [0, 0.05) is 0 Å². The predicted molar refractivity (Wildman–Crippen MR) is 96.7 cm³/mol. The number of fused-ring (bicyclic) bond motifs is 1. The number of rotatable bonds is 6. The van der Waals surface area contributed by atoms with E-state index >= 15 is 0 Å². The van der Waals surface area contributed by atoms with Crippen LogP contribution in [0.2, 0.25) is 0 Å². The van der Waals surface area contributed by atoms with Crippen LogP contribution in [-0.4, -0.2) is 22.3 Å². The molecule has 0 aliphatic heterocycles. The molecule has 0 aliphatic carbocycles. The average Bonchev–Trinajstić information content (AvgIpc) is 2.93. The summed E-state index contributed by atoms with van der Waals surface area (Å²) in [5.74, 6) is -0.642. The standard InChI is InChI=1S/C19H20FN3O3/c1-3-26-17-9-8-13(10-15(17)20)12(2)21-18(24)11-23-19(25)14-6-4-5-7-16(14)22-23/h4-10,12,22H,3,11H2,1-2H3,(H,21,24). The zero-order valence-corrected chi connectivity index (χ0v) is 14.6. The second-order valence-electron chi connectivity index (χ2n) is 5.96. The minimum atomic E-state index is -0.475. The fourth-order valence-electron chi connectivity index (χ4n) is 2.79. The lowest BCUT2D eigenvalue weighted by Crippen LogP contribution is -2.33. The number of H-pyrrole nitrogens is 1. The van der Waals surface area contributed by atoms with Gasteiger partial charge < -0.3 is 10.1 Å². The molecule has 1 amide bonds. The van der Waals surface area contributed by atoms with Gasteiger partial charge in [0.2, 0.25) is 5.91 Å². The molecule has 0 spiro atoms. The van der Waals surface area contributed by atoms with Gasteiger partial charge in [-0.15, -0.1) is 0 Å². The third kappa shape index (κ3) is 3.61. The van der Waals surface area contributed by atoms with Gasteiger partial charge in [0.05, 0.1) is 23.6 Å². The van der Waals surface area contributed by atoms with E-state index in [2.05, 4.69) is 10.4 Å². The minimum absolute atomic E-state index is 0.142. The smallest absolute Gasteiger partial charge is 0.274 e. The third-order valence-electron chi connectivity index (χ3n) is 4.09. The van der Waals surface area contributed by atoms with Gasteiger partial charge in [-0.2, -0.15) is 0 Å². The van der Waals surface area contributed by atoms with E-state index in [9.17, 15) is 14.0 Å². The van der Waals surface area contributed by atoms with Crippen LogP contribution in [0.1, 0.15) is 25.5 Å². The molecule has 1 unspecified atom stereocenters. The van der Waals surface area contributed by atoms with Crippen molar-refractivity contribution >= 4 is 16.8 Å². The Morgan fingerprint density at radius 3 is 2.77 bits per heavy atom. The number of ether oxygens (including phenoxy) is 1. The maximum atomic E-state index is 14.0. The van der Waals surface area contributed by atoms with Gasteiger partial charge in [0.15, 0.2) is 11.6 Å². The van der Waals surface area contributed by atoms with Crippen molar-refractivity contribution in [3.8, 4) is 5.75 Å². The van der Waals surface area contributed by atoms with E-state index in [1.807, 2.05) is 6.07 Å². The van der Waals surface area contributed by atoms with Crippen molar-refractivity contribution < 1.29 is 13.9 Å². The molecule has 1 heterocycles. The molecule has 0 saturated heterocycles. The zero-order chi connectivity index (χ0) is 18.7. The number of aromatic amines is 1. The monoisotopic (exact) mass is 357 g/mol. The third-order valence-corrected chi connectivity index (χ3v) is 4.09. The average molecular weight is 357 g/mol. The summed E-state index contributed by atoms with van der Waals surface area (Å²) in [7, 11) is 0. The Kier molecular flexibility index (Phi) is 5.06. The normalized spacial score (nSPS) is 12.1. The Morgan fingerprint density at radius 2 is 2.08 bits per heavy atom. The first-order valence-corrected chi connectivity index (χ1v) is 8.38. The lowest BCUT2D eigenvalue weighted by molar-refractivity contribution is -0.122. The topological polar surface area (TPSA) is 76.1 Å². The van der Waals surface area contributed by atoms with Gasteiger partial charge in [-0.05, 0) is 43.7 Å². The van der Waals surface area contributed by atoms with Crippen LogP contribution in [0.5, 0.6) is 5.75 Å². The SMILES string of the molecule is CCOc1ccc(C(C)NC(=O)Cn2[nH]c3ccccc3c2=O)cc1F. The summed E-state index contributed by atoms with van der Waals surface area (Å²) in [6, 6.07) is 11.2. The molecule has 1 aromatic heterocycles. The molecule has 2 aromatic carbocycles. The number of nitrogens with one attached hydrogen (secondary N) is 2. The molecule has 0 bridgehead atoms. The van der Waals surface area contributed by atoms with E-state index < -0.39 is 11.9 Å². The van der Waals surface area contributed by atoms with Crippen molar-refractivity contribution in [3.63, 3.8) is 0 Å². The highest BCUT2D eigenvalue weighted by Gasteiger charge is 2.14. The summed E-state index contributed by atoms with van der Waals surface area (Å²) in [5, 5.41) is 6.20. The molecule has 0 saturated carbocycles. The molecular formula is C19H20FN3O3. The van der Waals surface area contributed by atoms with Crippen LogP contribution in [0.4, 0.5) is 4.39 Å². The molecule has 7 heteroatoms. The molecule has 3 rings (SSSR count). The number of aromatic nitrogens is 2. The van der Waals surface area contributed by atoms with Gasteiger partial charge in [-0.25, -0.2) is 9.07 Å². The highest BCUT2D eigenvalue weighted by molar-refractivity contribution is 5.79. The molecule has 0 radical (unpaired) electrons. The van der Waals surface area contributed by atoms with Crippen LogP contribution in [0.15, 0.2) is 47.3 Å². The summed E-state index contributed by atoms with van der Waals surface area (Å²) in [4.78, 5) is 24.5. The van der Waals surface area contributed by atoms with Gasteiger partial charge in [-0.3, -0.25) is 14.7 Å². The van der Waals surface area contributed by atoms with Gasteiger partial charge >= 0.3 is 0 Å². The van der Waals surface area contributed by atoms with Crippen LogP contribution in [0.25, 0.3) is 10.9 Å². The first-order valence-electron chi connectivity index (χ1n) is 8.38. The largest absolute Gasteiger partial charge is 0.491 e. The number of carbonyl (C=O) groups is 1. The lowest BCUT2D eigenvalue weighted by atomic mass is 10.1. The van der Waals surface area contributed by atoms with Crippen LogP contribution in [0, 0.1) is 5.82 Å². The number of hydrogen-bond donors (Lipinski definition) is 2. The minimum Gasteiger partial charge on any atom is -0.491 e. The van der Waals surface area contributed by atoms with Crippen LogP contribution >= 0.6 is 0 Å². The van der Waals surface area contributed by atoms with E-state index in [-0.39, 0.29) is 23.8 Å². The fourth-order valence-corrected chi connectivity index (χ4v) is 2.79. The molecule has 0 aliphatic rings. The van der Waals surface area contributed by atoms with Crippen molar-refractivity contribution in [1.29, 1.82) is 0 Å². The van der Waals surface area contributed by atoms with E-state index in [0.29, 0.717) is 23.1 Å². The Morgan fingerprint density at radius 1 is 1.31 bits per heavy atom. The van der Waals surface area contributed by atoms with E-state index in [4.69, 9.17) is 4.74 Å². The Hall–Kier alpha value is -3.09. The Bertz CT molecular complexity index is 993. The highest BCUT2D eigenvalue weighted by atomic mass is 19.1. The number of hydrogen-bond acceptors (Lipinski definition) is 3. The first kappa shape index (κ1) is 17.7. The zero-order valence-electron chi connectivity index (χ0n) is 14.6. The van der Waals surface area contributed by atoms with Crippen LogP contribution in [0.3, 0.4) is 0 Å². The maximum Gasteiger partial charge on any atom is 0.274 e. The van der Waals surface area contributed by atoms with E-state index in [1.165, 1.54) is 10.7 Å². The number of carbonyl (C=O) groups excluding carboxylic acids is 1. The summed E-state index contributed by atoms with van der Waals surface area (Å²) in [5.41, 5.74) is 1.03. The molecular weight excluding hydrogens is 337 g/mol. The number of amides is 1. The number of para-hydroxylation sites is 1. The lowest BCUT2D eigenvalue weighted by Gasteiger charge is -2.15. The molecule has 1 atom stereocenters. The Balaban J connectivity index is 1.70. The van der Waals surface area contributed by atoms with Crippen molar-refractivity contribution in [2.75, 3.05) is 6.61 Å². The molecule has 0 fully saturated rings. The molecule has 136 valence electrons. The van der Waals surface area contributed by atoms with Gasteiger partial charge in [0.25, 0.3) is 5.56 Å². The second kappa shape index (κ2) is 7.43. The van der Waals surface area contributed by atoms with Crippen molar-refractivity contribution in [1.82, 2.24) is 15.1 Å². The second-order valence-corrected chi connectivity index (χ2v) is 5.96. The number of nitrogens with zero attached hydrogens (tertiary/aromatic N) is 1. The number of benzene rings is 2. The van der Waals surface area contributed by atoms with Crippen molar-refractivity contribution in [2.24, 2.45) is 0 Å². The summed E-state index contributed by atoms with van der Waals surface area (Å²) < 4.78 is 20.4. The van der Waals surface area contributed by atoms with Crippen molar-refractivity contribution in [2.45, 2.75) is 26.4 Å². The number of halogens is 1. The fraction of sp³-hybridized carbons (Fsp3) is 0.263. The Labute approximate surface area is 149 Å². The summed E-state index contributed by atoms with van der Waals surface area (Å²) in [6.45, 7) is 3.77. The van der Waals surface area contributed by atoms with Crippen LogP contribution < -0.4 is 15.6 Å². The maximum absolute atomic E-state index is 14.0. The summed E-state index contributed by atoms with van der Waals surface area (Å²) in [6.07, 6.45) is 0. The molecule has 6 nitrogen and oxygen atoms in total. The predicted octanol–water partition coefficient (Wildman–Crippen LogP) is 2.74. The highest BCUT2D eigenvalue weighted by Crippen LogP contribution is 2.22. The quantitative estimate of drug-likeness (QED) is 0.712. The molecule has 26 heavy (non-hydrogen) atoms. The van der Waals surface area contributed by atoms with E-state index in [1.54, 1.807) is 44.2 Å². The van der Waals surface area contributed by atoms with E-state index in [0.717, 1.165) is 0 Å². The van der Waals surface area contributed by atoms with Gasteiger partial charge in [-0.1, -0.05) is 18.2 Å². The first-order chi connectivity index (χ1) is 12.5. The van der Waals surface area contributed by atoms with Crippen LogP contribution in [-0.2, 0) is 11.3 Å². The molecule has 2 N–H and O–H groups in total. The van der Waals surface area contributed by atoms with Gasteiger partial charge in [0.1, 0.15) is 6.54 Å². The summed E-state index contributed by atoms with van der Waals surface area (Å²) >= 11 is 0. The van der Waals surface area contributed by atoms with Crippen molar-refractivity contribution in [3.05, 3.63) is 64.2 Å². The molecule has 3 aromatic rings.